The van der Waals surface area contributed by atoms with Crippen molar-refractivity contribution in [2.45, 2.75) is 12.8 Å². The summed E-state index contributed by atoms with van der Waals surface area (Å²) in [7, 11) is 1.63. The van der Waals surface area contributed by atoms with E-state index in [2.05, 4.69) is 14.7 Å². The van der Waals surface area contributed by atoms with E-state index in [1.54, 1.807) is 18.4 Å². The van der Waals surface area contributed by atoms with Crippen LogP contribution in [0.25, 0.3) is 10.4 Å². The van der Waals surface area contributed by atoms with Gasteiger partial charge in [-0.1, -0.05) is 12.1 Å². The Balaban J connectivity index is 1.83. The minimum absolute atomic E-state index is 0.199. The molecule has 0 fully saturated rings. The summed E-state index contributed by atoms with van der Waals surface area (Å²) in [5, 5.41) is 3.22. The van der Waals surface area contributed by atoms with E-state index < -0.39 is 0 Å². The zero-order valence-electron chi connectivity index (χ0n) is 13.0. The van der Waals surface area contributed by atoms with Crippen molar-refractivity contribution in [1.29, 1.82) is 0 Å². The van der Waals surface area contributed by atoms with E-state index in [1.807, 2.05) is 37.3 Å². The van der Waals surface area contributed by atoms with Crippen LogP contribution in [0.15, 0.2) is 30.3 Å². The lowest BCUT2D eigenvalue weighted by atomic mass is 10.1. The third-order valence-corrected chi connectivity index (χ3v) is 5.33. The summed E-state index contributed by atoms with van der Waals surface area (Å²) < 4.78 is 9.30. The number of aryl methyl sites for hydroxylation is 1. The first-order valence-electron chi connectivity index (χ1n) is 7.05. The minimum atomic E-state index is -0.199. The summed E-state index contributed by atoms with van der Waals surface area (Å²) in [4.78, 5) is 18.6. The maximum Gasteiger partial charge on any atom is 0.258 e. The summed E-state index contributed by atoms with van der Waals surface area (Å²) in [5.41, 5.74) is 1.64. The molecule has 0 spiro atoms. The monoisotopic (exact) mass is 379 g/mol. The number of thiophene rings is 1. The zero-order valence-corrected chi connectivity index (χ0v) is 15.4. The number of carbonyl (C=O) groups is 1. The van der Waals surface area contributed by atoms with Gasteiger partial charge in [-0.2, -0.15) is 4.37 Å². The van der Waals surface area contributed by atoms with Crippen molar-refractivity contribution < 1.29 is 9.53 Å². The van der Waals surface area contributed by atoms with Crippen LogP contribution < -0.4 is 10.1 Å². The van der Waals surface area contributed by atoms with Gasteiger partial charge < -0.3 is 4.74 Å². The fourth-order valence-corrected chi connectivity index (χ4v) is 3.93. The van der Waals surface area contributed by atoms with Crippen LogP contribution in [0.4, 0.5) is 5.13 Å². The second kappa shape index (κ2) is 7.29. The van der Waals surface area contributed by atoms with Crippen LogP contribution in [-0.4, -0.2) is 22.4 Å². The van der Waals surface area contributed by atoms with E-state index in [0.717, 1.165) is 32.6 Å². The van der Waals surface area contributed by atoms with Gasteiger partial charge in [0.15, 0.2) is 5.82 Å². The number of amides is 1. The Morgan fingerprint density at radius 3 is 2.92 bits per heavy atom. The van der Waals surface area contributed by atoms with Gasteiger partial charge in [-0.05, 0) is 30.7 Å². The molecule has 8 heteroatoms. The summed E-state index contributed by atoms with van der Waals surface area (Å²) >= 11 is 8.36. The third kappa shape index (κ3) is 3.58. The van der Waals surface area contributed by atoms with Crippen molar-refractivity contribution in [3.05, 3.63) is 46.6 Å². The van der Waals surface area contributed by atoms with Gasteiger partial charge in [0.25, 0.3) is 5.91 Å². The van der Waals surface area contributed by atoms with Crippen molar-refractivity contribution >= 4 is 45.5 Å². The second-order valence-electron chi connectivity index (χ2n) is 4.92. The molecule has 2 aromatic heterocycles. The molecule has 3 aromatic rings. The van der Waals surface area contributed by atoms with Gasteiger partial charge in [-0.15, -0.1) is 22.9 Å². The van der Waals surface area contributed by atoms with Crippen molar-refractivity contribution in [3.63, 3.8) is 0 Å². The molecule has 0 radical (unpaired) electrons. The highest BCUT2D eigenvalue weighted by atomic mass is 35.5. The van der Waals surface area contributed by atoms with E-state index in [0.29, 0.717) is 16.5 Å². The molecule has 0 saturated carbocycles. The molecule has 1 amide bonds. The molecule has 0 atom stereocenters. The highest BCUT2D eigenvalue weighted by Gasteiger charge is 2.16. The molecule has 3 rings (SSSR count). The number of methoxy groups -OCH3 is 1. The number of anilines is 1. The maximum atomic E-state index is 12.5. The van der Waals surface area contributed by atoms with Gasteiger partial charge >= 0.3 is 0 Å². The Hall–Kier alpha value is -1.96. The molecule has 0 unspecified atom stereocenters. The van der Waals surface area contributed by atoms with Crippen molar-refractivity contribution in [3.8, 4) is 16.2 Å². The van der Waals surface area contributed by atoms with Gasteiger partial charge in [0.1, 0.15) is 5.75 Å². The van der Waals surface area contributed by atoms with Crippen LogP contribution in [0.1, 0.15) is 21.1 Å². The molecule has 0 saturated heterocycles. The molecule has 124 valence electrons. The molecule has 0 aliphatic carbocycles. The van der Waals surface area contributed by atoms with Crippen LogP contribution in [0.2, 0.25) is 0 Å². The second-order valence-corrected chi connectivity index (χ2v) is 7.19. The lowest BCUT2D eigenvalue weighted by Gasteiger charge is -2.01. The van der Waals surface area contributed by atoms with Crippen molar-refractivity contribution in [1.82, 2.24) is 9.36 Å². The summed E-state index contributed by atoms with van der Waals surface area (Å²) in [5.74, 6) is 1.32. The molecular weight excluding hydrogens is 366 g/mol. The molecule has 24 heavy (non-hydrogen) atoms. The van der Waals surface area contributed by atoms with Crippen LogP contribution in [0, 0.1) is 6.92 Å². The predicted octanol–water partition coefficient (Wildman–Crippen LogP) is 4.57. The van der Waals surface area contributed by atoms with E-state index in [4.69, 9.17) is 16.3 Å². The molecule has 0 aliphatic heterocycles. The molecule has 1 aromatic carbocycles. The van der Waals surface area contributed by atoms with Gasteiger partial charge in [-0.25, -0.2) is 4.98 Å². The normalized spacial score (nSPS) is 10.6. The minimum Gasteiger partial charge on any atom is -0.497 e. The molecule has 1 N–H and O–H groups in total. The van der Waals surface area contributed by atoms with Crippen LogP contribution in [0.5, 0.6) is 5.75 Å². The molecule has 0 aliphatic rings. The first-order chi connectivity index (χ1) is 11.6. The van der Waals surface area contributed by atoms with Gasteiger partial charge in [-0.3, -0.25) is 10.1 Å². The largest absolute Gasteiger partial charge is 0.497 e. The molecular formula is C16H14ClN3O2S2. The highest BCUT2D eigenvalue weighted by molar-refractivity contribution is 7.15. The Morgan fingerprint density at radius 1 is 1.38 bits per heavy atom. The van der Waals surface area contributed by atoms with Crippen LogP contribution in [0.3, 0.4) is 0 Å². The summed E-state index contributed by atoms with van der Waals surface area (Å²) in [6.07, 6.45) is 0. The number of benzene rings is 1. The van der Waals surface area contributed by atoms with Crippen molar-refractivity contribution in [2.24, 2.45) is 0 Å². The standard InChI is InChI=1S/C16H14ClN3O2S2/c1-9-12(15(21)19-16-18-14(8-17)20-24-16)7-13(23-9)10-4-3-5-11(6-10)22-2/h3-7H,8H2,1-2H3,(H,18,19,20,21). The smallest absolute Gasteiger partial charge is 0.258 e. The number of hydrogen-bond acceptors (Lipinski definition) is 6. The number of rotatable bonds is 5. The number of ether oxygens (including phenoxy) is 1. The first-order valence-corrected chi connectivity index (χ1v) is 9.18. The van der Waals surface area contributed by atoms with Crippen molar-refractivity contribution in [2.75, 3.05) is 12.4 Å². The first kappa shape index (κ1) is 16.9. The highest BCUT2D eigenvalue weighted by Crippen LogP contribution is 2.33. The fraction of sp³-hybridized carbons (Fsp3) is 0.188. The third-order valence-electron chi connectivity index (χ3n) is 3.32. The number of carbonyl (C=O) groups excluding carboxylic acids is 1. The number of alkyl halides is 1. The van der Waals surface area contributed by atoms with Gasteiger partial charge in [0.2, 0.25) is 5.13 Å². The zero-order chi connectivity index (χ0) is 17.1. The van der Waals surface area contributed by atoms with E-state index in [1.165, 1.54) is 0 Å². The quantitative estimate of drug-likeness (QED) is 0.659. The Morgan fingerprint density at radius 2 is 2.21 bits per heavy atom. The number of aromatic nitrogens is 2. The number of nitrogens with one attached hydrogen (secondary N) is 1. The lowest BCUT2D eigenvalue weighted by Crippen LogP contribution is -2.11. The van der Waals surface area contributed by atoms with Gasteiger partial charge in [0, 0.05) is 21.3 Å². The van der Waals surface area contributed by atoms with Crippen LogP contribution >= 0.6 is 34.5 Å². The number of nitrogens with zero attached hydrogens (tertiary/aromatic N) is 2. The maximum absolute atomic E-state index is 12.5. The van der Waals surface area contributed by atoms with E-state index in [9.17, 15) is 4.79 Å². The van der Waals surface area contributed by atoms with E-state index in [-0.39, 0.29) is 11.8 Å². The molecule has 0 bridgehead atoms. The van der Waals surface area contributed by atoms with E-state index >= 15 is 0 Å². The molecule has 2 heterocycles. The summed E-state index contributed by atoms with van der Waals surface area (Å²) in [6, 6.07) is 9.64. The average molecular weight is 380 g/mol. The fourth-order valence-electron chi connectivity index (χ4n) is 2.15. The SMILES string of the molecule is COc1cccc(-c2cc(C(=O)Nc3nc(CCl)ns3)c(C)s2)c1. The Kier molecular flexibility index (Phi) is 5.13. The number of hydrogen-bond donors (Lipinski definition) is 1. The van der Waals surface area contributed by atoms with Crippen LogP contribution in [-0.2, 0) is 5.88 Å². The molecule has 5 nitrogen and oxygen atoms in total. The Labute approximate surface area is 152 Å². The topological polar surface area (TPSA) is 64.1 Å². The lowest BCUT2D eigenvalue weighted by molar-refractivity contribution is 0.102. The average Bonchev–Trinajstić information content (AvgIpc) is 3.21. The Bertz CT molecular complexity index is 876. The predicted molar refractivity (Wildman–Crippen MR) is 98.5 cm³/mol. The van der Waals surface area contributed by atoms with Gasteiger partial charge in [0.05, 0.1) is 18.6 Å². The summed E-state index contributed by atoms with van der Waals surface area (Å²) in [6.45, 7) is 1.92. The number of halogens is 1.